The summed E-state index contributed by atoms with van der Waals surface area (Å²) < 4.78 is 11.4. The minimum absolute atomic E-state index is 0.125. The first kappa shape index (κ1) is 16.7. The highest BCUT2D eigenvalue weighted by Crippen LogP contribution is 2.26. The van der Waals surface area contributed by atoms with Crippen molar-refractivity contribution in [3.8, 4) is 0 Å². The fourth-order valence-corrected chi connectivity index (χ4v) is 4.08. The Bertz CT molecular complexity index is 622. The van der Waals surface area contributed by atoms with E-state index in [0.717, 1.165) is 25.9 Å². The van der Waals surface area contributed by atoms with Crippen molar-refractivity contribution >= 4 is 11.8 Å². The lowest BCUT2D eigenvalue weighted by atomic mass is 10.0. The maximum atomic E-state index is 12.4. The summed E-state index contributed by atoms with van der Waals surface area (Å²) in [5.74, 6) is -0.337. The van der Waals surface area contributed by atoms with Crippen molar-refractivity contribution < 1.29 is 19.1 Å². The van der Waals surface area contributed by atoms with E-state index in [1.165, 1.54) is 17.7 Å². The number of amides is 2. The first-order chi connectivity index (χ1) is 12.3. The van der Waals surface area contributed by atoms with Crippen LogP contribution in [0.3, 0.4) is 0 Å². The lowest BCUT2D eigenvalue weighted by Crippen LogP contribution is -2.48. The summed E-state index contributed by atoms with van der Waals surface area (Å²) in [6.45, 7) is 3.67. The Morgan fingerprint density at radius 3 is 2.32 bits per heavy atom. The van der Waals surface area contributed by atoms with E-state index >= 15 is 0 Å². The van der Waals surface area contributed by atoms with E-state index in [1.807, 2.05) is 0 Å². The molecule has 3 aliphatic heterocycles. The van der Waals surface area contributed by atoms with E-state index in [4.69, 9.17) is 9.47 Å². The molecule has 6 nitrogen and oxygen atoms in total. The van der Waals surface area contributed by atoms with Gasteiger partial charge in [-0.25, -0.2) is 0 Å². The number of carbonyl (C=O) groups is 2. The van der Waals surface area contributed by atoms with Gasteiger partial charge in [0.25, 0.3) is 11.8 Å². The second-order valence-corrected chi connectivity index (χ2v) is 6.87. The monoisotopic (exact) mass is 344 g/mol. The van der Waals surface area contributed by atoms with Crippen LogP contribution in [0.2, 0.25) is 0 Å². The number of nitrogens with zero attached hydrogens (tertiary/aromatic N) is 2. The molecule has 0 radical (unpaired) electrons. The van der Waals surface area contributed by atoms with Crippen LogP contribution in [-0.2, 0) is 9.47 Å². The van der Waals surface area contributed by atoms with Crippen LogP contribution in [0, 0.1) is 0 Å². The number of imide groups is 1. The number of carbonyl (C=O) groups excluding carboxylic acids is 2. The topological polar surface area (TPSA) is 59.1 Å². The van der Waals surface area contributed by atoms with Gasteiger partial charge in [-0.1, -0.05) is 18.6 Å². The lowest BCUT2D eigenvalue weighted by molar-refractivity contribution is -0.109. The average molecular weight is 344 g/mol. The first-order valence-electron chi connectivity index (χ1n) is 9.18. The zero-order valence-electron chi connectivity index (χ0n) is 14.4. The summed E-state index contributed by atoms with van der Waals surface area (Å²) in [6, 6.07) is 7.34. The Morgan fingerprint density at radius 2 is 1.64 bits per heavy atom. The molecule has 6 heteroatoms. The van der Waals surface area contributed by atoms with Crippen molar-refractivity contribution in [1.82, 2.24) is 9.80 Å². The SMILES string of the molecule is O=C1c2ccccc2C(=O)N1CCCN1CCCCC1C1OCCO1. The number of hydrogen-bond acceptors (Lipinski definition) is 5. The second kappa shape index (κ2) is 7.23. The van der Waals surface area contributed by atoms with Crippen molar-refractivity contribution in [1.29, 1.82) is 0 Å². The molecule has 0 N–H and O–H groups in total. The molecule has 2 saturated heterocycles. The third kappa shape index (κ3) is 3.21. The highest BCUT2D eigenvalue weighted by Gasteiger charge is 2.36. The molecule has 3 heterocycles. The Labute approximate surface area is 147 Å². The Morgan fingerprint density at radius 1 is 0.960 bits per heavy atom. The Balaban J connectivity index is 1.34. The predicted molar refractivity (Wildman–Crippen MR) is 91.3 cm³/mol. The van der Waals surface area contributed by atoms with Gasteiger partial charge >= 0.3 is 0 Å². The van der Waals surface area contributed by atoms with Gasteiger partial charge in [0.05, 0.1) is 30.4 Å². The Hall–Kier alpha value is -1.76. The zero-order chi connectivity index (χ0) is 17.2. The average Bonchev–Trinajstić information content (AvgIpc) is 3.26. The highest BCUT2D eigenvalue weighted by molar-refractivity contribution is 6.21. The molecule has 1 aromatic rings. The van der Waals surface area contributed by atoms with E-state index in [-0.39, 0.29) is 18.1 Å². The molecule has 1 aromatic carbocycles. The van der Waals surface area contributed by atoms with Crippen molar-refractivity contribution in [2.24, 2.45) is 0 Å². The highest BCUT2D eigenvalue weighted by atomic mass is 16.7. The fourth-order valence-electron chi connectivity index (χ4n) is 4.08. The molecular weight excluding hydrogens is 320 g/mol. The number of fused-ring (bicyclic) bond motifs is 1. The van der Waals surface area contributed by atoms with Gasteiger partial charge in [0.2, 0.25) is 0 Å². The lowest BCUT2D eigenvalue weighted by Gasteiger charge is -2.38. The van der Waals surface area contributed by atoms with Crippen molar-refractivity contribution in [2.45, 2.75) is 38.0 Å². The van der Waals surface area contributed by atoms with Gasteiger partial charge in [0.1, 0.15) is 0 Å². The second-order valence-electron chi connectivity index (χ2n) is 6.87. The fraction of sp³-hybridized carbons (Fsp3) is 0.579. The third-order valence-electron chi connectivity index (χ3n) is 5.33. The summed E-state index contributed by atoms with van der Waals surface area (Å²) in [4.78, 5) is 28.6. The van der Waals surface area contributed by atoms with Gasteiger partial charge < -0.3 is 9.47 Å². The molecular formula is C19H24N2O4. The van der Waals surface area contributed by atoms with Crippen LogP contribution in [0.4, 0.5) is 0 Å². The Kier molecular flexibility index (Phi) is 4.83. The minimum Gasteiger partial charge on any atom is -0.349 e. The molecule has 134 valence electrons. The van der Waals surface area contributed by atoms with Crippen LogP contribution in [0.15, 0.2) is 24.3 Å². The van der Waals surface area contributed by atoms with Crippen LogP contribution in [0.25, 0.3) is 0 Å². The minimum atomic E-state index is -0.168. The van der Waals surface area contributed by atoms with Crippen molar-refractivity contribution in [3.63, 3.8) is 0 Å². The largest absolute Gasteiger partial charge is 0.349 e. The quantitative estimate of drug-likeness (QED) is 0.764. The molecule has 0 aliphatic carbocycles. The summed E-state index contributed by atoms with van der Waals surface area (Å²) in [7, 11) is 0. The maximum Gasteiger partial charge on any atom is 0.261 e. The third-order valence-corrected chi connectivity index (χ3v) is 5.33. The van der Waals surface area contributed by atoms with E-state index in [9.17, 15) is 9.59 Å². The molecule has 0 bridgehead atoms. The molecule has 0 spiro atoms. The van der Waals surface area contributed by atoms with E-state index in [2.05, 4.69) is 4.90 Å². The number of rotatable bonds is 5. The van der Waals surface area contributed by atoms with Gasteiger partial charge in [0.15, 0.2) is 6.29 Å². The number of ether oxygens (including phenoxy) is 2. The van der Waals surface area contributed by atoms with Crippen LogP contribution < -0.4 is 0 Å². The zero-order valence-corrected chi connectivity index (χ0v) is 14.4. The molecule has 2 amide bonds. The van der Waals surface area contributed by atoms with Crippen molar-refractivity contribution in [3.05, 3.63) is 35.4 Å². The summed E-state index contributed by atoms with van der Waals surface area (Å²) in [6.07, 6.45) is 4.10. The van der Waals surface area contributed by atoms with E-state index in [1.54, 1.807) is 24.3 Å². The first-order valence-corrected chi connectivity index (χ1v) is 9.18. The van der Waals surface area contributed by atoms with Gasteiger partial charge in [0, 0.05) is 13.1 Å². The molecule has 1 unspecified atom stereocenters. The number of benzene rings is 1. The smallest absolute Gasteiger partial charge is 0.261 e. The molecule has 4 rings (SSSR count). The van der Waals surface area contributed by atoms with Crippen LogP contribution in [-0.4, -0.2) is 66.8 Å². The van der Waals surface area contributed by atoms with Crippen molar-refractivity contribution in [2.75, 3.05) is 32.8 Å². The number of likely N-dealkylation sites (tertiary alicyclic amines) is 1. The van der Waals surface area contributed by atoms with Crippen LogP contribution in [0.5, 0.6) is 0 Å². The molecule has 3 aliphatic rings. The maximum absolute atomic E-state index is 12.4. The van der Waals surface area contributed by atoms with E-state index < -0.39 is 0 Å². The van der Waals surface area contributed by atoms with Crippen LogP contribution >= 0.6 is 0 Å². The summed E-state index contributed by atoms with van der Waals surface area (Å²) >= 11 is 0. The summed E-state index contributed by atoms with van der Waals surface area (Å²) in [5, 5.41) is 0. The molecule has 1 atom stereocenters. The number of piperidine rings is 1. The summed E-state index contributed by atoms with van der Waals surface area (Å²) in [5.41, 5.74) is 1.05. The molecule has 2 fully saturated rings. The van der Waals surface area contributed by atoms with Gasteiger partial charge in [-0.15, -0.1) is 0 Å². The molecule has 0 saturated carbocycles. The van der Waals surface area contributed by atoms with Crippen LogP contribution in [0.1, 0.15) is 46.4 Å². The van der Waals surface area contributed by atoms with Gasteiger partial charge in [-0.3, -0.25) is 19.4 Å². The van der Waals surface area contributed by atoms with Gasteiger partial charge in [-0.2, -0.15) is 0 Å². The normalized spacial score (nSPS) is 25.0. The molecule has 25 heavy (non-hydrogen) atoms. The van der Waals surface area contributed by atoms with E-state index in [0.29, 0.717) is 36.9 Å². The predicted octanol–water partition coefficient (Wildman–Crippen LogP) is 1.90. The van der Waals surface area contributed by atoms with Gasteiger partial charge in [-0.05, 0) is 37.9 Å². The number of hydrogen-bond donors (Lipinski definition) is 0. The molecule has 0 aromatic heterocycles. The standard InChI is InChI=1S/C19H24N2O4/c22-17-14-6-1-2-7-15(14)18(23)21(17)11-5-10-20-9-4-3-8-16(20)19-24-12-13-25-19/h1-2,6-7,16,19H,3-5,8-13H2.